The van der Waals surface area contributed by atoms with Crippen LogP contribution >= 0.6 is 11.8 Å². The first-order chi connectivity index (χ1) is 6.09. The molecule has 0 radical (unpaired) electrons. The van der Waals surface area contributed by atoms with E-state index in [1.54, 1.807) is 24.2 Å². The minimum absolute atomic E-state index is 0.474. The van der Waals surface area contributed by atoms with Crippen molar-refractivity contribution in [2.45, 2.75) is 31.0 Å². The Morgan fingerprint density at radius 2 is 1.92 bits per heavy atom. The highest BCUT2D eigenvalue weighted by molar-refractivity contribution is 7.99. The number of rotatable bonds is 3. The Morgan fingerprint density at radius 3 is 2.38 bits per heavy atom. The fourth-order valence-corrected chi connectivity index (χ4v) is 1.59. The predicted molar refractivity (Wildman–Crippen MR) is 56.6 cm³/mol. The number of hydrogen-bond donors (Lipinski definition) is 1. The quantitative estimate of drug-likeness (QED) is 0.755. The van der Waals surface area contributed by atoms with Crippen LogP contribution in [0.15, 0.2) is 17.4 Å². The van der Waals surface area contributed by atoms with Gasteiger partial charge < -0.3 is 5.73 Å². The average Bonchev–Trinajstić information content (AvgIpc) is 2.08. The zero-order chi connectivity index (χ0) is 9.84. The van der Waals surface area contributed by atoms with Crippen LogP contribution in [0.3, 0.4) is 0 Å². The van der Waals surface area contributed by atoms with Crippen molar-refractivity contribution >= 4 is 17.6 Å². The van der Waals surface area contributed by atoms with E-state index in [9.17, 15) is 0 Å². The molecule has 1 aromatic heterocycles. The molecule has 13 heavy (non-hydrogen) atoms. The van der Waals surface area contributed by atoms with Gasteiger partial charge in [-0.3, -0.25) is 0 Å². The summed E-state index contributed by atoms with van der Waals surface area (Å²) < 4.78 is 0. The topological polar surface area (TPSA) is 51.8 Å². The summed E-state index contributed by atoms with van der Waals surface area (Å²) in [5, 5.41) is 1.49. The van der Waals surface area contributed by atoms with Crippen molar-refractivity contribution in [1.29, 1.82) is 0 Å². The minimum Gasteiger partial charge on any atom is -0.382 e. The van der Waals surface area contributed by atoms with Gasteiger partial charge in [0.15, 0.2) is 0 Å². The molecule has 4 heteroatoms. The maximum absolute atomic E-state index is 5.43. The highest BCUT2D eigenvalue weighted by Gasteiger charge is 2.09. The number of hydrogen-bond acceptors (Lipinski definition) is 4. The first-order valence-electron chi connectivity index (χ1n) is 4.33. The first-order valence-corrected chi connectivity index (χ1v) is 5.21. The van der Waals surface area contributed by atoms with Crippen molar-refractivity contribution in [2.24, 2.45) is 5.92 Å². The maximum Gasteiger partial charge on any atom is 0.141 e. The van der Waals surface area contributed by atoms with Gasteiger partial charge in [-0.25, -0.2) is 9.97 Å². The van der Waals surface area contributed by atoms with E-state index in [4.69, 9.17) is 5.73 Å². The molecule has 0 spiro atoms. The van der Waals surface area contributed by atoms with Gasteiger partial charge >= 0.3 is 0 Å². The summed E-state index contributed by atoms with van der Waals surface area (Å²) in [5.41, 5.74) is 5.43. The van der Waals surface area contributed by atoms with E-state index in [1.807, 2.05) is 0 Å². The molecular formula is C9H15N3S. The molecule has 1 heterocycles. The maximum atomic E-state index is 5.43. The van der Waals surface area contributed by atoms with E-state index in [2.05, 4.69) is 30.7 Å². The molecule has 1 aromatic rings. The third-order valence-electron chi connectivity index (χ3n) is 1.89. The lowest BCUT2D eigenvalue weighted by Gasteiger charge is -2.13. The number of thioether (sulfide) groups is 1. The SMILES string of the molecule is CC(C)C(C)Sc1cnc(N)cn1. The standard InChI is InChI=1S/C9H15N3S/c1-6(2)7(3)13-9-5-11-8(10)4-12-9/h4-7H,1-3H3,(H2,10,11). The van der Waals surface area contributed by atoms with Gasteiger partial charge in [0.2, 0.25) is 0 Å². The van der Waals surface area contributed by atoms with Crippen molar-refractivity contribution in [3.8, 4) is 0 Å². The van der Waals surface area contributed by atoms with E-state index < -0.39 is 0 Å². The molecule has 0 bridgehead atoms. The monoisotopic (exact) mass is 197 g/mol. The fourth-order valence-electron chi connectivity index (χ4n) is 0.714. The molecule has 1 atom stereocenters. The smallest absolute Gasteiger partial charge is 0.141 e. The Labute approximate surface area is 83.2 Å². The zero-order valence-corrected chi connectivity index (χ0v) is 9.01. The molecule has 2 N–H and O–H groups in total. The van der Waals surface area contributed by atoms with Crippen LogP contribution in [0.4, 0.5) is 5.82 Å². The summed E-state index contributed by atoms with van der Waals surface area (Å²) in [5.74, 6) is 1.12. The Bertz CT molecular complexity index is 258. The van der Waals surface area contributed by atoms with Crippen LogP contribution < -0.4 is 5.73 Å². The molecule has 0 aliphatic heterocycles. The second kappa shape index (κ2) is 4.46. The van der Waals surface area contributed by atoms with Crippen molar-refractivity contribution in [2.75, 3.05) is 5.73 Å². The highest BCUT2D eigenvalue weighted by atomic mass is 32.2. The summed E-state index contributed by atoms with van der Waals surface area (Å²) >= 11 is 1.73. The van der Waals surface area contributed by atoms with Crippen molar-refractivity contribution in [3.05, 3.63) is 12.4 Å². The van der Waals surface area contributed by atoms with Gasteiger partial charge in [0.1, 0.15) is 10.8 Å². The van der Waals surface area contributed by atoms with Gasteiger partial charge in [0, 0.05) is 5.25 Å². The molecule has 0 amide bonds. The van der Waals surface area contributed by atoms with E-state index in [0.717, 1.165) is 5.03 Å². The predicted octanol–water partition coefficient (Wildman–Crippen LogP) is 2.20. The zero-order valence-electron chi connectivity index (χ0n) is 8.19. The van der Waals surface area contributed by atoms with Crippen molar-refractivity contribution in [1.82, 2.24) is 9.97 Å². The molecule has 72 valence electrons. The van der Waals surface area contributed by atoms with Crippen LogP contribution in [0, 0.1) is 5.92 Å². The third kappa shape index (κ3) is 3.22. The number of nitrogens with two attached hydrogens (primary N) is 1. The van der Waals surface area contributed by atoms with Crippen LogP contribution in [-0.4, -0.2) is 15.2 Å². The van der Waals surface area contributed by atoms with E-state index in [0.29, 0.717) is 17.0 Å². The second-order valence-corrected chi connectivity index (χ2v) is 4.74. The number of aromatic nitrogens is 2. The first kappa shape index (κ1) is 10.3. The highest BCUT2D eigenvalue weighted by Crippen LogP contribution is 2.25. The largest absolute Gasteiger partial charge is 0.382 e. The third-order valence-corrected chi connectivity index (χ3v) is 3.26. The van der Waals surface area contributed by atoms with Gasteiger partial charge in [-0.1, -0.05) is 20.8 Å². The molecular weight excluding hydrogens is 182 g/mol. The summed E-state index contributed by atoms with van der Waals surface area (Å²) in [4.78, 5) is 8.16. The summed E-state index contributed by atoms with van der Waals surface area (Å²) in [6.45, 7) is 6.58. The summed E-state index contributed by atoms with van der Waals surface area (Å²) in [6.07, 6.45) is 3.31. The molecule has 1 rings (SSSR count). The Kier molecular flexibility index (Phi) is 3.54. The summed E-state index contributed by atoms with van der Waals surface area (Å²) in [6, 6.07) is 0. The van der Waals surface area contributed by atoms with Crippen LogP contribution in [0.5, 0.6) is 0 Å². The lowest BCUT2D eigenvalue weighted by atomic mass is 10.2. The molecule has 0 fully saturated rings. The van der Waals surface area contributed by atoms with Gasteiger partial charge in [-0.15, -0.1) is 11.8 Å². The van der Waals surface area contributed by atoms with E-state index in [-0.39, 0.29) is 0 Å². The Hall–Kier alpha value is -0.770. The Balaban J connectivity index is 2.59. The van der Waals surface area contributed by atoms with Crippen LogP contribution in [0.1, 0.15) is 20.8 Å². The normalized spacial score (nSPS) is 13.2. The van der Waals surface area contributed by atoms with Crippen LogP contribution in [-0.2, 0) is 0 Å². The van der Waals surface area contributed by atoms with Gasteiger partial charge in [-0.05, 0) is 5.92 Å². The van der Waals surface area contributed by atoms with E-state index in [1.165, 1.54) is 0 Å². The average molecular weight is 197 g/mol. The lowest BCUT2D eigenvalue weighted by Crippen LogP contribution is -2.06. The molecule has 0 aromatic carbocycles. The minimum atomic E-state index is 0.474. The second-order valence-electron chi connectivity index (χ2n) is 3.35. The van der Waals surface area contributed by atoms with Gasteiger partial charge in [-0.2, -0.15) is 0 Å². The lowest BCUT2D eigenvalue weighted by molar-refractivity contribution is 0.641. The van der Waals surface area contributed by atoms with E-state index >= 15 is 0 Å². The summed E-state index contributed by atoms with van der Waals surface area (Å²) in [7, 11) is 0. The van der Waals surface area contributed by atoms with Crippen LogP contribution in [0.2, 0.25) is 0 Å². The molecule has 0 aliphatic carbocycles. The van der Waals surface area contributed by atoms with Crippen molar-refractivity contribution in [3.63, 3.8) is 0 Å². The molecule has 0 saturated carbocycles. The Morgan fingerprint density at radius 1 is 1.23 bits per heavy atom. The molecule has 3 nitrogen and oxygen atoms in total. The fraction of sp³-hybridized carbons (Fsp3) is 0.556. The molecule has 1 unspecified atom stereocenters. The number of nitrogens with zero attached hydrogens (tertiary/aromatic N) is 2. The molecule has 0 aliphatic rings. The number of nitrogen functional groups attached to an aromatic ring is 1. The van der Waals surface area contributed by atoms with Gasteiger partial charge in [0.05, 0.1) is 12.4 Å². The van der Waals surface area contributed by atoms with Crippen LogP contribution in [0.25, 0.3) is 0 Å². The van der Waals surface area contributed by atoms with Crippen molar-refractivity contribution < 1.29 is 0 Å². The number of anilines is 1. The molecule has 0 saturated heterocycles. The van der Waals surface area contributed by atoms with Gasteiger partial charge in [0.25, 0.3) is 0 Å².